The summed E-state index contributed by atoms with van der Waals surface area (Å²) in [4.78, 5) is 26.6. The summed E-state index contributed by atoms with van der Waals surface area (Å²) >= 11 is 0. The van der Waals surface area contributed by atoms with Crippen molar-refractivity contribution in [3.63, 3.8) is 0 Å². The van der Waals surface area contributed by atoms with Crippen molar-refractivity contribution in [1.82, 2.24) is 4.90 Å². The summed E-state index contributed by atoms with van der Waals surface area (Å²) in [6.07, 6.45) is 4.91. The van der Waals surface area contributed by atoms with Crippen molar-refractivity contribution in [3.05, 3.63) is 77.4 Å². The maximum Gasteiger partial charge on any atom is 0.412 e. The Bertz CT molecular complexity index is 1010. The minimum absolute atomic E-state index is 0.182. The smallest absolute Gasteiger partial charge is 0.412 e. The molecule has 0 saturated carbocycles. The number of hydrogen-bond acceptors (Lipinski definition) is 5. The van der Waals surface area contributed by atoms with Gasteiger partial charge in [-0.25, -0.2) is 9.59 Å². The molecule has 1 saturated heterocycles. The fraction of sp³-hybridized carbons (Fsp3) is 0.429. The first-order valence-corrected chi connectivity index (χ1v) is 11.6. The maximum atomic E-state index is 13.2. The van der Waals surface area contributed by atoms with E-state index in [4.69, 9.17) is 14.2 Å². The van der Waals surface area contributed by atoms with Crippen LogP contribution in [-0.4, -0.2) is 41.4 Å². The molecule has 0 bridgehead atoms. The molecule has 2 atom stereocenters. The predicted molar refractivity (Wildman–Crippen MR) is 132 cm³/mol. The molecule has 6 nitrogen and oxygen atoms in total. The Kier molecular flexibility index (Phi) is 7.82. The molecule has 34 heavy (non-hydrogen) atoms. The monoisotopic (exact) mass is 465 g/mol. The van der Waals surface area contributed by atoms with Crippen LogP contribution >= 0.6 is 0 Å². The zero-order valence-electron chi connectivity index (χ0n) is 20.9. The minimum Gasteiger partial charge on any atom is -0.465 e. The molecule has 6 heteroatoms. The Balaban J connectivity index is 1.78. The average Bonchev–Trinajstić information content (AvgIpc) is 3.06. The number of rotatable bonds is 6. The fourth-order valence-electron chi connectivity index (χ4n) is 4.20. The van der Waals surface area contributed by atoms with Crippen molar-refractivity contribution < 1.29 is 23.8 Å². The van der Waals surface area contributed by atoms with E-state index in [1.807, 2.05) is 83.2 Å². The lowest BCUT2D eigenvalue weighted by atomic mass is 9.97. The molecule has 0 aliphatic carbocycles. The third kappa shape index (κ3) is 6.26. The van der Waals surface area contributed by atoms with Crippen molar-refractivity contribution >= 4 is 18.1 Å². The molecule has 182 valence electrons. The second kappa shape index (κ2) is 10.4. The van der Waals surface area contributed by atoms with Gasteiger partial charge in [-0.15, -0.1) is 0 Å². The van der Waals surface area contributed by atoms with Crippen LogP contribution < -0.4 is 0 Å². The Morgan fingerprint density at radius 2 is 1.71 bits per heavy atom. The van der Waals surface area contributed by atoms with Gasteiger partial charge < -0.3 is 14.2 Å². The molecule has 1 heterocycles. The molecule has 2 aromatic carbocycles. The zero-order chi connectivity index (χ0) is 24.9. The van der Waals surface area contributed by atoms with Gasteiger partial charge in [-0.2, -0.15) is 0 Å². The maximum absolute atomic E-state index is 13.2. The Labute approximate surface area is 202 Å². The highest BCUT2D eigenvalue weighted by atomic mass is 16.6. The van der Waals surface area contributed by atoms with Crippen LogP contribution in [-0.2, 0) is 14.2 Å². The summed E-state index contributed by atoms with van der Waals surface area (Å²) in [5.74, 6) is -0.353. The van der Waals surface area contributed by atoms with Crippen LogP contribution in [0.4, 0.5) is 4.79 Å². The van der Waals surface area contributed by atoms with E-state index in [0.717, 1.165) is 17.5 Å². The number of carbonyl (C=O) groups is 2. The first-order valence-electron chi connectivity index (χ1n) is 11.6. The highest BCUT2D eigenvalue weighted by molar-refractivity contribution is 5.89. The number of hydrogen-bond donors (Lipinski definition) is 0. The second-order valence-corrected chi connectivity index (χ2v) is 9.91. The van der Waals surface area contributed by atoms with Crippen LogP contribution in [0.2, 0.25) is 0 Å². The first kappa shape index (κ1) is 25.5. The Hall–Kier alpha value is -3.12. The number of carbonyl (C=O) groups excluding carboxylic acids is 2. The van der Waals surface area contributed by atoms with E-state index in [0.29, 0.717) is 12.0 Å². The molecule has 0 radical (unpaired) electrons. The van der Waals surface area contributed by atoms with Gasteiger partial charge in [0.05, 0.1) is 18.7 Å². The Morgan fingerprint density at radius 1 is 1.06 bits per heavy atom. The SMILES string of the molecule is COC(=O)c1ccc(C=CCC[C@@H]2C(c3ccccc3)OC(C)(C)N2C(=O)OC(C)(C)C)cc1. The number of allylic oxidation sites excluding steroid dienone is 1. The number of ether oxygens (including phenoxy) is 3. The van der Waals surface area contributed by atoms with Gasteiger partial charge in [0.1, 0.15) is 17.4 Å². The number of methoxy groups -OCH3 is 1. The van der Waals surface area contributed by atoms with Gasteiger partial charge in [0.2, 0.25) is 0 Å². The lowest BCUT2D eigenvalue weighted by Gasteiger charge is -2.35. The van der Waals surface area contributed by atoms with Crippen molar-refractivity contribution in [3.8, 4) is 0 Å². The highest BCUT2D eigenvalue weighted by Gasteiger charge is 2.51. The van der Waals surface area contributed by atoms with Crippen molar-refractivity contribution in [2.45, 2.75) is 70.9 Å². The quantitative estimate of drug-likeness (QED) is 0.463. The molecule has 1 unspecified atom stereocenters. The topological polar surface area (TPSA) is 65.1 Å². The molecular weight excluding hydrogens is 430 g/mol. The van der Waals surface area contributed by atoms with Crippen molar-refractivity contribution in [2.75, 3.05) is 7.11 Å². The summed E-state index contributed by atoms with van der Waals surface area (Å²) in [7, 11) is 1.37. The summed E-state index contributed by atoms with van der Waals surface area (Å²) in [5, 5.41) is 0. The third-order valence-electron chi connectivity index (χ3n) is 5.67. The molecule has 1 amide bonds. The van der Waals surface area contributed by atoms with Crippen molar-refractivity contribution in [1.29, 1.82) is 0 Å². The number of esters is 1. The molecule has 2 aromatic rings. The third-order valence-corrected chi connectivity index (χ3v) is 5.67. The fourth-order valence-corrected chi connectivity index (χ4v) is 4.20. The summed E-state index contributed by atoms with van der Waals surface area (Å²) in [5.41, 5.74) is 1.14. The van der Waals surface area contributed by atoms with E-state index in [-0.39, 0.29) is 24.2 Å². The largest absolute Gasteiger partial charge is 0.465 e. The van der Waals surface area contributed by atoms with Crippen LogP contribution in [0.1, 0.15) is 75.0 Å². The van der Waals surface area contributed by atoms with E-state index in [9.17, 15) is 9.59 Å². The van der Waals surface area contributed by atoms with E-state index < -0.39 is 11.3 Å². The molecule has 0 N–H and O–H groups in total. The van der Waals surface area contributed by atoms with Gasteiger partial charge in [0, 0.05) is 0 Å². The van der Waals surface area contributed by atoms with E-state index in [2.05, 4.69) is 6.08 Å². The van der Waals surface area contributed by atoms with Crippen molar-refractivity contribution in [2.24, 2.45) is 0 Å². The molecule has 1 aliphatic rings. The van der Waals surface area contributed by atoms with Crippen LogP contribution in [0.5, 0.6) is 0 Å². The summed E-state index contributed by atoms with van der Waals surface area (Å²) < 4.78 is 16.9. The number of amides is 1. The van der Waals surface area contributed by atoms with Crippen LogP contribution in [0.15, 0.2) is 60.7 Å². The lowest BCUT2D eigenvalue weighted by Crippen LogP contribution is -2.49. The van der Waals surface area contributed by atoms with E-state index in [1.165, 1.54) is 7.11 Å². The molecule has 0 aromatic heterocycles. The lowest BCUT2D eigenvalue weighted by molar-refractivity contribution is -0.0796. The van der Waals surface area contributed by atoms with Gasteiger partial charge in [-0.1, -0.05) is 54.6 Å². The van der Waals surface area contributed by atoms with E-state index >= 15 is 0 Å². The van der Waals surface area contributed by atoms with Crippen LogP contribution in [0.3, 0.4) is 0 Å². The molecule has 3 rings (SSSR count). The van der Waals surface area contributed by atoms with Gasteiger partial charge in [0.15, 0.2) is 0 Å². The average molecular weight is 466 g/mol. The van der Waals surface area contributed by atoms with Gasteiger partial charge in [-0.3, -0.25) is 4.90 Å². The molecule has 0 spiro atoms. The van der Waals surface area contributed by atoms with Gasteiger partial charge >= 0.3 is 12.1 Å². The van der Waals surface area contributed by atoms with Crippen LogP contribution in [0, 0.1) is 0 Å². The first-order chi connectivity index (χ1) is 16.0. The number of nitrogens with zero attached hydrogens (tertiary/aromatic N) is 1. The predicted octanol–water partition coefficient (Wildman–Crippen LogP) is 6.38. The molecule has 1 fully saturated rings. The van der Waals surface area contributed by atoms with Crippen LogP contribution in [0.25, 0.3) is 6.08 Å². The van der Waals surface area contributed by atoms with Gasteiger partial charge in [-0.05, 0) is 70.7 Å². The normalized spacial score (nSPS) is 19.9. The summed E-state index contributed by atoms with van der Waals surface area (Å²) in [6, 6.07) is 17.1. The minimum atomic E-state index is -0.805. The summed E-state index contributed by atoms with van der Waals surface area (Å²) in [6.45, 7) is 9.42. The second-order valence-electron chi connectivity index (χ2n) is 9.91. The Morgan fingerprint density at radius 3 is 2.29 bits per heavy atom. The highest BCUT2D eigenvalue weighted by Crippen LogP contribution is 2.43. The molecular formula is C28H35NO5. The molecule has 1 aliphatic heterocycles. The zero-order valence-corrected chi connectivity index (χ0v) is 20.9. The standard InChI is InChI=1S/C28H35NO5/c1-27(2,3)34-26(31)29-23(24(33-28(29,4)5)21-13-8-7-9-14-21)15-11-10-12-20-16-18-22(19-17-20)25(30)32-6/h7-10,12-14,16-19,23-24H,11,15H2,1-6H3/t23-,24?/m1/s1. The van der Waals surface area contributed by atoms with E-state index in [1.54, 1.807) is 17.0 Å². The van der Waals surface area contributed by atoms with Gasteiger partial charge in [0.25, 0.3) is 0 Å². The number of benzene rings is 2.